The van der Waals surface area contributed by atoms with Crippen LogP contribution in [0.15, 0.2) is 41.4 Å². The van der Waals surface area contributed by atoms with Gasteiger partial charge >= 0.3 is 0 Å². The standard InChI is InChI=1S/C19H21NO3S/c1-13-19(23-2)11-15(12-20-13)18-6-4-5-17(18)14-7-9-16(10-8-14)24(3,21)22/h7-12H,4-6H2,1-3H3. The molecule has 24 heavy (non-hydrogen) atoms. The van der Waals surface area contributed by atoms with Crippen LogP contribution in [0.5, 0.6) is 5.75 Å². The van der Waals surface area contributed by atoms with Gasteiger partial charge in [0.1, 0.15) is 5.75 Å². The fourth-order valence-electron chi connectivity index (χ4n) is 3.17. The second-order valence-electron chi connectivity index (χ2n) is 6.12. The lowest BCUT2D eigenvalue weighted by atomic mass is 9.98. The summed E-state index contributed by atoms with van der Waals surface area (Å²) in [5, 5.41) is 0. The minimum atomic E-state index is -3.17. The summed E-state index contributed by atoms with van der Waals surface area (Å²) >= 11 is 0. The second-order valence-corrected chi connectivity index (χ2v) is 8.13. The Morgan fingerprint density at radius 2 is 1.67 bits per heavy atom. The van der Waals surface area contributed by atoms with E-state index in [0.717, 1.165) is 41.8 Å². The highest BCUT2D eigenvalue weighted by Gasteiger charge is 2.19. The van der Waals surface area contributed by atoms with Crippen LogP contribution in [-0.2, 0) is 9.84 Å². The van der Waals surface area contributed by atoms with E-state index in [1.807, 2.05) is 31.3 Å². The Hall–Kier alpha value is -2.14. The molecule has 0 amide bonds. The molecule has 2 aromatic rings. The van der Waals surface area contributed by atoms with E-state index in [1.54, 1.807) is 19.2 Å². The first kappa shape index (κ1) is 16.7. The summed E-state index contributed by atoms with van der Waals surface area (Å²) in [5.74, 6) is 0.790. The van der Waals surface area contributed by atoms with Gasteiger partial charge in [-0.05, 0) is 66.7 Å². The third-order valence-corrected chi connectivity index (χ3v) is 5.59. The Morgan fingerprint density at radius 3 is 2.25 bits per heavy atom. The molecule has 0 bridgehead atoms. The Labute approximate surface area is 143 Å². The second kappa shape index (κ2) is 6.40. The predicted octanol–water partition coefficient (Wildman–Crippen LogP) is 3.90. The predicted molar refractivity (Wildman–Crippen MR) is 95.7 cm³/mol. The van der Waals surface area contributed by atoms with Crippen molar-refractivity contribution in [3.63, 3.8) is 0 Å². The zero-order chi connectivity index (χ0) is 17.3. The van der Waals surface area contributed by atoms with E-state index in [1.165, 1.54) is 17.4 Å². The van der Waals surface area contributed by atoms with Gasteiger partial charge in [0.2, 0.25) is 0 Å². The summed E-state index contributed by atoms with van der Waals surface area (Å²) in [4.78, 5) is 4.78. The van der Waals surface area contributed by atoms with Crippen molar-refractivity contribution in [2.45, 2.75) is 31.1 Å². The SMILES string of the molecule is COc1cc(C2=C(c3ccc(S(C)(=O)=O)cc3)CCC2)cnc1C. The zero-order valence-electron chi connectivity index (χ0n) is 14.2. The normalized spacial score (nSPS) is 15.0. The Morgan fingerprint density at radius 1 is 1.04 bits per heavy atom. The number of methoxy groups -OCH3 is 1. The van der Waals surface area contributed by atoms with Gasteiger partial charge in [-0.2, -0.15) is 0 Å². The molecule has 1 aliphatic rings. The monoisotopic (exact) mass is 343 g/mol. The van der Waals surface area contributed by atoms with E-state index >= 15 is 0 Å². The molecule has 0 aliphatic heterocycles. The van der Waals surface area contributed by atoms with Crippen LogP contribution in [0, 0.1) is 6.92 Å². The first-order valence-corrected chi connectivity index (χ1v) is 9.83. The van der Waals surface area contributed by atoms with Gasteiger partial charge in [-0.15, -0.1) is 0 Å². The number of sulfone groups is 1. The summed E-state index contributed by atoms with van der Waals surface area (Å²) in [6.07, 6.45) is 6.20. The number of benzene rings is 1. The quantitative estimate of drug-likeness (QED) is 0.845. The van der Waals surface area contributed by atoms with E-state index < -0.39 is 9.84 Å². The fourth-order valence-corrected chi connectivity index (χ4v) is 3.80. The Bertz CT molecular complexity index is 897. The van der Waals surface area contributed by atoms with Crippen LogP contribution < -0.4 is 4.74 Å². The average Bonchev–Trinajstić information content (AvgIpc) is 3.04. The topological polar surface area (TPSA) is 56.3 Å². The van der Waals surface area contributed by atoms with Crippen molar-refractivity contribution in [1.29, 1.82) is 0 Å². The minimum Gasteiger partial charge on any atom is -0.495 e. The van der Waals surface area contributed by atoms with Gasteiger partial charge < -0.3 is 4.74 Å². The van der Waals surface area contributed by atoms with Gasteiger partial charge in [0, 0.05) is 12.5 Å². The van der Waals surface area contributed by atoms with Crippen molar-refractivity contribution in [3.8, 4) is 5.75 Å². The van der Waals surface area contributed by atoms with Crippen LogP contribution in [0.1, 0.15) is 36.1 Å². The first-order valence-electron chi connectivity index (χ1n) is 7.93. The molecule has 0 saturated carbocycles. The molecule has 4 nitrogen and oxygen atoms in total. The van der Waals surface area contributed by atoms with Crippen LogP contribution in [0.2, 0.25) is 0 Å². The largest absolute Gasteiger partial charge is 0.495 e. The highest BCUT2D eigenvalue weighted by molar-refractivity contribution is 7.90. The van der Waals surface area contributed by atoms with E-state index in [0.29, 0.717) is 4.90 Å². The van der Waals surface area contributed by atoms with Gasteiger partial charge in [-0.25, -0.2) is 8.42 Å². The summed E-state index contributed by atoms with van der Waals surface area (Å²) in [5.41, 5.74) is 5.57. The zero-order valence-corrected chi connectivity index (χ0v) is 15.0. The average molecular weight is 343 g/mol. The third kappa shape index (κ3) is 3.22. The number of aryl methyl sites for hydroxylation is 1. The van der Waals surface area contributed by atoms with Crippen LogP contribution in [0.3, 0.4) is 0 Å². The number of nitrogens with zero attached hydrogens (tertiary/aromatic N) is 1. The van der Waals surface area contributed by atoms with Crippen molar-refractivity contribution in [1.82, 2.24) is 4.98 Å². The molecule has 0 atom stereocenters. The fraction of sp³-hybridized carbons (Fsp3) is 0.316. The van der Waals surface area contributed by atoms with E-state index in [-0.39, 0.29) is 0 Å². The Kier molecular flexibility index (Phi) is 4.45. The summed E-state index contributed by atoms with van der Waals surface area (Å²) in [6.45, 7) is 1.93. The van der Waals surface area contributed by atoms with Crippen molar-refractivity contribution >= 4 is 21.0 Å². The summed E-state index contributed by atoms with van der Waals surface area (Å²) < 4.78 is 28.6. The number of hydrogen-bond donors (Lipinski definition) is 0. The van der Waals surface area contributed by atoms with Gasteiger partial charge in [-0.3, -0.25) is 4.98 Å². The highest BCUT2D eigenvalue weighted by atomic mass is 32.2. The van der Waals surface area contributed by atoms with E-state index in [4.69, 9.17) is 4.74 Å². The minimum absolute atomic E-state index is 0.352. The summed E-state index contributed by atoms with van der Waals surface area (Å²) in [6, 6.07) is 9.20. The molecule has 126 valence electrons. The van der Waals surface area contributed by atoms with Gasteiger partial charge in [-0.1, -0.05) is 12.1 Å². The van der Waals surface area contributed by atoms with Crippen LogP contribution in [0.25, 0.3) is 11.1 Å². The molecular weight excluding hydrogens is 322 g/mol. The molecule has 0 spiro atoms. The van der Waals surface area contributed by atoms with Crippen LogP contribution >= 0.6 is 0 Å². The van der Waals surface area contributed by atoms with Gasteiger partial charge in [0.05, 0.1) is 17.7 Å². The van der Waals surface area contributed by atoms with Crippen LogP contribution in [-0.4, -0.2) is 26.8 Å². The summed E-state index contributed by atoms with van der Waals surface area (Å²) in [7, 11) is -1.51. The molecule has 5 heteroatoms. The number of rotatable bonds is 4. The maximum absolute atomic E-state index is 11.6. The lowest BCUT2D eigenvalue weighted by Crippen LogP contribution is -1.97. The Balaban J connectivity index is 2.04. The lowest BCUT2D eigenvalue weighted by molar-refractivity contribution is 0.409. The van der Waals surface area contributed by atoms with Crippen molar-refractivity contribution in [3.05, 3.63) is 53.3 Å². The molecule has 1 aromatic heterocycles. The number of aromatic nitrogens is 1. The number of hydrogen-bond acceptors (Lipinski definition) is 4. The first-order chi connectivity index (χ1) is 11.4. The molecule has 0 fully saturated rings. The van der Waals surface area contributed by atoms with E-state index in [9.17, 15) is 8.42 Å². The lowest BCUT2D eigenvalue weighted by Gasteiger charge is -2.11. The molecule has 1 heterocycles. The molecular formula is C19H21NO3S. The molecule has 0 saturated heterocycles. The molecule has 1 aliphatic carbocycles. The molecule has 0 unspecified atom stereocenters. The smallest absolute Gasteiger partial charge is 0.175 e. The third-order valence-electron chi connectivity index (χ3n) is 4.46. The van der Waals surface area contributed by atoms with Gasteiger partial charge in [0.15, 0.2) is 9.84 Å². The van der Waals surface area contributed by atoms with Gasteiger partial charge in [0.25, 0.3) is 0 Å². The molecule has 0 radical (unpaired) electrons. The molecule has 0 N–H and O–H groups in total. The number of ether oxygens (including phenoxy) is 1. The van der Waals surface area contributed by atoms with Crippen molar-refractivity contribution < 1.29 is 13.2 Å². The van der Waals surface area contributed by atoms with Crippen molar-refractivity contribution in [2.24, 2.45) is 0 Å². The molecule has 3 rings (SSSR count). The molecule has 1 aromatic carbocycles. The number of pyridine rings is 1. The number of allylic oxidation sites excluding steroid dienone is 2. The maximum atomic E-state index is 11.6. The van der Waals surface area contributed by atoms with Crippen molar-refractivity contribution in [2.75, 3.05) is 13.4 Å². The maximum Gasteiger partial charge on any atom is 0.175 e. The van der Waals surface area contributed by atoms with E-state index in [2.05, 4.69) is 4.98 Å². The highest BCUT2D eigenvalue weighted by Crippen LogP contribution is 2.40. The van der Waals surface area contributed by atoms with Crippen LogP contribution in [0.4, 0.5) is 0 Å².